The maximum atomic E-state index is 12.9. The smallest absolute Gasteiger partial charge is 0.341 e. The number of amides is 1. The molecule has 0 radical (unpaired) electrons. The maximum Gasteiger partial charge on any atom is 0.341 e. The molecule has 1 amide bonds. The SMILES string of the molecule is COc1ccc(OC2CCN(C(=O)c3ccccc3S(=O)(=O)C(F)F)C2)nn1. The van der Waals surface area contributed by atoms with Crippen molar-refractivity contribution in [1.29, 1.82) is 0 Å². The molecule has 1 aromatic carbocycles. The second-order valence-electron chi connectivity index (χ2n) is 6.00. The molecule has 150 valence electrons. The lowest BCUT2D eigenvalue weighted by molar-refractivity contribution is 0.0767. The summed E-state index contributed by atoms with van der Waals surface area (Å²) in [5.74, 6) is -3.68. The Morgan fingerprint density at radius 3 is 2.50 bits per heavy atom. The van der Waals surface area contributed by atoms with Crippen LogP contribution in [-0.4, -0.2) is 61.5 Å². The van der Waals surface area contributed by atoms with Crippen molar-refractivity contribution in [1.82, 2.24) is 15.1 Å². The first kappa shape index (κ1) is 19.9. The standard InChI is InChI=1S/C17H17F2N3O5S/c1-26-14-6-7-15(21-20-14)27-11-8-9-22(10-11)16(23)12-4-2-3-5-13(12)28(24,25)17(18)19/h2-7,11,17H,8-10H2,1H3. The fourth-order valence-electron chi connectivity index (χ4n) is 2.82. The monoisotopic (exact) mass is 413 g/mol. The highest BCUT2D eigenvalue weighted by molar-refractivity contribution is 7.91. The van der Waals surface area contributed by atoms with Crippen LogP contribution in [-0.2, 0) is 9.84 Å². The molecule has 11 heteroatoms. The van der Waals surface area contributed by atoms with E-state index in [1.807, 2.05) is 0 Å². The number of hydrogen-bond acceptors (Lipinski definition) is 7. The van der Waals surface area contributed by atoms with Gasteiger partial charge in [-0.1, -0.05) is 12.1 Å². The van der Waals surface area contributed by atoms with Crippen LogP contribution in [0.4, 0.5) is 8.78 Å². The Labute approximate surface area is 160 Å². The number of ether oxygens (including phenoxy) is 2. The number of carbonyl (C=O) groups excluding carboxylic acids is 1. The molecule has 1 fully saturated rings. The molecule has 3 rings (SSSR count). The van der Waals surface area contributed by atoms with Gasteiger partial charge in [-0.3, -0.25) is 4.79 Å². The van der Waals surface area contributed by atoms with E-state index < -0.39 is 26.4 Å². The van der Waals surface area contributed by atoms with Crippen molar-refractivity contribution in [2.75, 3.05) is 20.2 Å². The average molecular weight is 413 g/mol. The van der Waals surface area contributed by atoms with Gasteiger partial charge >= 0.3 is 5.76 Å². The summed E-state index contributed by atoms with van der Waals surface area (Å²) >= 11 is 0. The number of carbonyl (C=O) groups is 1. The van der Waals surface area contributed by atoms with Crippen molar-refractivity contribution in [3.8, 4) is 11.8 Å². The molecule has 2 aromatic rings. The minimum atomic E-state index is -4.89. The van der Waals surface area contributed by atoms with Gasteiger partial charge in [0.05, 0.1) is 24.1 Å². The molecule has 28 heavy (non-hydrogen) atoms. The summed E-state index contributed by atoms with van der Waals surface area (Å²) < 4.78 is 60.1. The summed E-state index contributed by atoms with van der Waals surface area (Å²) in [5, 5.41) is 7.62. The van der Waals surface area contributed by atoms with Gasteiger partial charge < -0.3 is 14.4 Å². The maximum absolute atomic E-state index is 12.9. The zero-order valence-electron chi connectivity index (χ0n) is 14.8. The highest BCUT2D eigenvalue weighted by Gasteiger charge is 2.34. The van der Waals surface area contributed by atoms with Gasteiger partial charge in [0, 0.05) is 25.1 Å². The fourth-order valence-corrected chi connectivity index (χ4v) is 3.74. The molecule has 1 saturated heterocycles. The number of benzene rings is 1. The largest absolute Gasteiger partial charge is 0.480 e. The van der Waals surface area contributed by atoms with Gasteiger partial charge in [0.25, 0.3) is 5.91 Å². The van der Waals surface area contributed by atoms with E-state index in [2.05, 4.69) is 10.2 Å². The lowest BCUT2D eigenvalue weighted by atomic mass is 10.2. The van der Waals surface area contributed by atoms with Crippen molar-refractivity contribution in [2.24, 2.45) is 0 Å². The Balaban J connectivity index is 1.73. The summed E-state index contributed by atoms with van der Waals surface area (Å²) in [4.78, 5) is 13.4. The van der Waals surface area contributed by atoms with Crippen molar-refractivity contribution in [2.45, 2.75) is 23.2 Å². The highest BCUT2D eigenvalue weighted by atomic mass is 32.2. The van der Waals surface area contributed by atoms with Gasteiger partial charge in [0.15, 0.2) is 0 Å². The van der Waals surface area contributed by atoms with Crippen LogP contribution in [0.5, 0.6) is 11.8 Å². The molecule has 0 spiro atoms. The van der Waals surface area contributed by atoms with E-state index in [0.29, 0.717) is 12.3 Å². The van der Waals surface area contributed by atoms with Crippen LogP contribution in [0.25, 0.3) is 0 Å². The Hall–Kier alpha value is -2.82. The lowest BCUT2D eigenvalue weighted by Gasteiger charge is -2.18. The molecule has 0 bridgehead atoms. The van der Waals surface area contributed by atoms with E-state index in [-0.39, 0.29) is 30.6 Å². The van der Waals surface area contributed by atoms with Crippen molar-refractivity contribution in [3.05, 3.63) is 42.0 Å². The molecular weight excluding hydrogens is 396 g/mol. The number of halogens is 2. The molecular formula is C17H17F2N3O5S. The Bertz CT molecular complexity index is 954. The third kappa shape index (κ3) is 4.03. The fraction of sp³-hybridized carbons (Fsp3) is 0.353. The molecule has 0 aliphatic carbocycles. The lowest BCUT2D eigenvalue weighted by Crippen LogP contribution is -2.32. The molecule has 2 heterocycles. The van der Waals surface area contributed by atoms with E-state index >= 15 is 0 Å². The molecule has 8 nitrogen and oxygen atoms in total. The van der Waals surface area contributed by atoms with Crippen molar-refractivity contribution >= 4 is 15.7 Å². The quantitative estimate of drug-likeness (QED) is 0.712. The molecule has 1 aliphatic rings. The van der Waals surface area contributed by atoms with E-state index in [9.17, 15) is 22.0 Å². The zero-order chi connectivity index (χ0) is 20.3. The Kier molecular flexibility index (Phi) is 5.73. The van der Waals surface area contributed by atoms with Gasteiger partial charge in [0.1, 0.15) is 6.10 Å². The van der Waals surface area contributed by atoms with E-state index in [0.717, 1.165) is 6.07 Å². The molecule has 1 unspecified atom stereocenters. The predicted octanol–water partition coefficient (Wildman–Crippen LogP) is 1.77. The number of nitrogens with zero attached hydrogens (tertiary/aromatic N) is 3. The first-order valence-electron chi connectivity index (χ1n) is 8.27. The second-order valence-corrected chi connectivity index (χ2v) is 7.88. The number of aromatic nitrogens is 2. The highest BCUT2D eigenvalue weighted by Crippen LogP contribution is 2.25. The average Bonchev–Trinajstić information content (AvgIpc) is 3.16. The number of hydrogen-bond donors (Lipinski definition) is 0. The van der Waals surface area contributed by atoms with E-state index in [1.54, 1.807) is 12.1 Å². The Morgan fingerprint density at radius 1 is 1.18 bits per heavy atom. The first-order valence-corrected chi connectivity index (χ1v) is 9.82. The van der Waals surface area contributed by atoms with Gasteiger partial charge in [0.2, 0.25) is 21.6 Å². The summed E-state index contributed by atoms with van der Waals surface area (Å²) in [6.45, 7) is 0.450. The van der Waals surface area contributed by atoms with Gasteiger partial charge in [-0.25, -0.2) is 8.42 Å². The van der Waals surface area contributed by atoms with Crippen LogP contribution in [0.3, 0.4) is 0 Å². The minimum Gasteiger partial charge on any atom is -0.480 e. The van der Waals surface area contributed by atoms with Crippen molar-refractivity contribution in [3.63, 3.8) is 0 Å². The molecule has 1 aliphatic heterocycles. The molecule has 1 atom stereocenters. The summed E-state index contributed by atoms with van der Waals surface area (Å²) in [6.07, 6.45) is 0.0916. The van der Waals surface area contributed by atoms with Crippen LogP contribution in [0, 0.1) is 0 Å². The molecule has 0 saturated carbocycles. The number of alkyl halides is 2. The van der Waals surface area contributed by atoms with E-state index in [1.165, 1.54) is 30.2 Å². The van der Waals surface area contributed by atoms with Gasteiger partial charge in [-0.2, -0.15) is 8.78 Å². The number of sulfone groups is 1. The van der Waals surface area contributed by atoms with Crippen LogP contribution in [0.2, 0.25) is 0 Å². The zero-order valence-corrected chi connectivity index (χ0v) is 15.6. The predicted molar refractivity (Wildman–Crippen MR) is 93.2 cm³/mol. The van der Waals surface area contributed by atoms with Gasteiger partial charge in [-0.15, -0.1) is 10.2 Å². The molecule has 1 aromatic heterocycles. The topological polar surface area (TPSA) is 98.7 Å². The van der Waals surface area contributed by atoms with Crippen LogP contribution in [0.1, 0.15) is 16.8 Å². The summed E-state index contributed by atoms with van der Waals surface area (Å²) in [6, 6.07) is 8.10. The summed E-state index contributed by atoms with van der Waals surface area (Å²) in [7, 11) is -3.44. The van der Waals surface area contributed by atoms with Gasteiger partial charge in [-0.05, 0) is 12.1 Å². The summed E-state index contributed by atoms with van der Waals surface area (Å²) in [5.41, 5.74) is -0.285. The number of rotatable bonds is 6. The van der Waals surface area contributed by atoms with E-state index in [4.69, 9.17) is 9.47 Å². The van der Waals surface area contributed by atoms with Crippen LogP contribution in [0.15, 0.2) is 41.3 Å². The van der Waals surface area contributed by atoms with Crippen LogP contribution < -0.4 is 9.47 Å². The molecule has 0 N–H and O–H groups in total. The second kappa shape index (κ2) is 8.05. The first-order chi connectivity index (χ1) is 13.3. The normalized spacial score (nSPS) is 17.0. The third-order valence-electron chi connectivity index (χ3n) is 4.20. The Morgan fingerprint density at radius 2 is 1.86 bits per heavy atom. The minimum absolute atomic E-state index is 0.162. The third-order valence-corrected chi connectivity index (χ3v) is 5.64. The van der Waals surface area contributed by atoms with Crippen LogP contribution >= 0.6 is 0 Å². The number of methoxy groups -OCH3 is 1. The number of likely N-dealkylation sites (tertiary alicyclic amines) is 1. The van der Waals surface area contributed by atoms with Crippen molar-refractivity contribution < 1.29 is 31.5 Å².